The predicted octanol–water partition coefficient (Wildman–Crippen LogP) is 2.13. The fourth-order valence-electron chi connectivity index (χ4n) is 0.802. The van der Waals surface area contributed by atoms with E-state index in [9.17, 15) is 0 Å². The van der Waals surface area contributed by atoms with Crippen molar-refractivity contribution in [2.24, 2.45) is 5.73 Å². The highest BCUT2D eigenvalue weighted by Crippen LogP contribution is 1.90. The lowest BCUT2D eigenvalue weighted by molar-refractivity contribution is 0.318. The van der Waals surface area contributed by atoms with E-state index in [0.717, 1.165) is 6.54 Å². The number of rotatable bonds is 6. The van der Waals surface area contributed by atoms with Gasteiger partial charge in [-0.05, 0) is 87.9 Å². The van der Waals surface area contributed by atoms with Crippen molar-refractivity contribution in [1.29, 1.82) is 0 Å². The molecular formula is C26H74N2O8. The van der Waals surface area contributed by atoms with Crippen LogP contribution in [0.1, 0.15) is 102 Å². The SMILES string of the molecule is CCCCCNCCC.CCN.CCO.CCO.CCO.CCO.CCO.CCO.CCO.CCO. The summed E-state index contributed by atoms with van der Waals surface area (Å²) in [7, 11) is 0. The zero-order valence-electron chi connectivity index (χ0n) is 26.3. The van der Waals surface area contributed by atoms with E-state index < -0.39 is 0 Å². The molecule has 10 heteroatoms. The van der Waals surface area contributed by atoms with Gasteiger partial charge in [0, 0.05) is 52.9 Å². The Kier molecular flexibility index (Phi) is 290. The largest absolute Gasteiger partial charge is 0.397 e. The van der Waals surface area contributed by atoms with Crippen molar-refractivity contribution in [2.45, 2.75) is 102 Å². The summed E-state index contributed by atoms with van der Waals surface area (Å²) in [5.41, 5.74) is 4.85. The molecular weight excluding hydrogens is 468 g/mol. The number of aliphatic hydroxyl groups excluding tert-OH is 8. The lowest BCUT2D eigenvalue weighted by Gasteiger charge is -1.99. The molecule has 236 valence electrons. The molecule has 36 heavy (non-hydrogen) atoms. The average molecular weight is 543 g/mol. The number of hydrogen-bond acceptors (Lipinski definition) is 10. The Labute approximate surface area is 226 Å². The van der Waals surface area contributed by atoms with Crippen LogP contribution in [-0.2, 0) is 0 Å². The summed E-state index contributed by atoms with van der Waals surface area (Å²) >= 11 is 0. The van der Waals surface area contributed by atoms with Crippen LogP contribution < -0.4 is 11.1 Å². The molecule has 0 aromatic carbocycles. The molecule has 0 heterocycles. The van der Waals surface area contributed by atoms with E-state index in [1.165, 1.54) is 38.8 Å². The van der Waals surface area contributed by atoms with Crippen molar-refractivity contribution in [3.8, 4) is 0 Å². The number of aliphatic hydroxyl groups is 8. The predicted molar refractivity (Wildman–Crippen MR) is 159 cm³/mol. The maximum absolute atomic E-state index is 7.57. The van der Waals surface area contributed by atoms with Gasteiger partial charge in [-0.25, -0.2) is 0 Å². The van der Waals surface area contributed by atoms with Gasteiger partial charge in [0.1, 0.15) is 0 Å². The third-order valence-electron chi connectivity index (χ3n) is 1.38. The Morgan fingerprint density at radius 1 is 0.389 bits per heavy atom. The zero-order valence-corrected chi connectivity index (χ0v) is 26.3. The molecule has 0 fully saturated rings. The van der Waals surface area contributed by atoms with Crippen LogP contribution in [0.5, 0.6) is 0 Å². The fraction of sp³-hybridized carbons (Fsp3) is 1.00. The lowest BCUT2D eigenvalue weighted by atomic mass is 10.2. The van der Waals surface area contributed by atoms with Crippen LogP contribution in [0, 0.1) is 0 Å². The van der Waals surface area contributed by atoms with Crippen molar-refractivity contribution in [3.63, 3.8) is 0 Å². The summed E-state index contributed by atoms with van der Waals surface area (Å²) in [4.78, 5) is 0. The van der Waals surface area contributed by atoms with Gasteiger partial charge in [-0.15, -0.1) is 0 Å². The van der Waals surface area contributed by atoms with E-state index in [2.05, 4.69) is 19.2 Å². The quantitative estimate of drug-likeness (QED) is 0.222. The zero-order chi connectivity index (χ0) is 31.3. The van der Waals surface area contributed by atoms with Crippen LogP contribution in [0.2, 0.25) is 0 Å². The van der Waals surface area contributed by atoms with E-state index in [0.29, 0.717) is 0 Å². The first-order valence-electron chi connectivity index (χ1n) is 13.4. The number of unbranched alkanes of at least 4 members (excludes halogenated alkanes) is 2. The van der Waals surface area contributed by atoms with E-state index >= 15 is 0 Å². The summed E-state index contributed by atoms with van der Waals surface area (Å²) < 4.78 is 0. The Bertz CT molecular complexity index is 131. The number of hydrogen-bond donors (Lipinski definition) is 10. The monoisotopic (exact) mass is 543 g/mol. The first-order valence-corrected chi connectivity index (χ1v) is 13.4. The van der Waals surface area contributed by atoms with Crippen LogP contribution in [0.4, 0.5) is 0 Å². The molecule has 0 saturated carbocycles. The van der Waals surface area contributed by atoms with Gasteiger partial charge in [0.15, 0.2) is 0 Å². The molecule has 0 amide bonds. The molecule has 0 unspecified atom stereocenters. The van der Waals surface area contributed by atoms with E-state index in [-0.39, 0.29) is 52.9 Å². The molecule has 0 aromatic rings. The van der Waals surface area contributed by atoms with Crippen LogP contribution in [0.3, 0.4) is 0 Å². The summed E-state index contributed by atoms with van der Waals surface area (Å²) in [6, 6.07) is 0. The highest BCUT2D eigenvalue weighted by Gasteiger charge is 1.83. The minimum absolute atomic E-state index is 0.250. The van der Waals surface area contributed by atoms with Gasteiger partial charge in [0.05, 0.1) is 0 Å². The standard InChI is InChI=1S/C8H19N.C2H7N.8C2H6O/c1-3-5-6-8-9-7-4-2;9*1-2-3/h9H,3-8H2,1-2H3;2-3H2,1H3;8*3H,2H2,1H3. The molecule has 10 nitrogen and oxygen atoms in total. The Hall–Kier alpha value is -0.400. The van der Waals surface area contributed by atoms with E-state index in [1.54, 1.807) is 55.4 Å². The molecule has 0 spiro atoms. The van der Waals surface area contributed by atoms with Crippen LogP contribution >= 0.6 is 0 Å². The minimum atomic E-state index is 0.250. The highest BCUT2D eigenvalue weighted by molar-refractivity contribution is 4.45. The van der Waals surface area contributed by atoms with Gasteiger partial charge in [-0.3, -0.25) is 0 Å². The van der Waals surface area contributed by atoms with Crippen LogP contribution in [-0.4, -0.2) is 113 Å². The first kappa shape index (κ1) is 65.0. The fourth-order valence-corrected chi connectivity index (χ4v) is 0.802. The van der Waals surface area contributed by atoms with Crippen molar-refractivity contribution < 1.29 is 40.9 Å². The highest BCUT2D eigenvalue weighted by atomic mass is 16.3. The normalized spacial score (nSPS) is 7.00. The van der Waals surface area contributed by atoms with Crippen molar-refractivity contribution in [3.05, 3.63) is 0 Å². The second-order valence-electron chi connectivity index (χ2n) is 5.40. The molecule has 0 radical (unpaired) electrons. The molecule has 0 saturated heterocycles. The summed E-state index contributed by atoms with van der Waals surface area (Å²) in [5, 5.41) is 63.9. The molecule has 0 aliphatic heterocycles. The number of nitrogens with two attached hydrogens (primary N) is 1. The number of nitrogens with one attached hydrogen (secondary N) is 1. The smallest absolute Gasteiger partial charge is 0.0402 e. The molecule has 0 aliphatic carbocycles. The maximum atomic E-state index is 7.57. The summed E-state index contributed by atoms with van der Waals surface area (Å²) in [6.07, 6.45) is 5.30. The van der Waals surface area contributed by atoms with Crippen molar-refractivity contribution in [2.75, 3.05) is 72.5 Å². The van der Waals surface area contributed by atoms with Crippen LogP contribution in [0.15, 0.2) is 0 Å². The Balaban J connectivity index is -0.0000000274. The van der Waals surface area contributed by atoms with Gasteiger partial charge >= 0.3 is 0 Å². The lowest BCUT2D eigenvalue weighted by Crippen LogP contribution is -2.15. The van der Waals surface area contributed by atoms with Gasteiger partial charge in [0.25, 0.3) is 0 Å². The molecule has 0 bridgehead atoms. The van der Waals surface area contributed by atoms with Gasteiger partial charge in [0.2, 0.25) is 0 Å². The molecule has 0 aliphatic rings. The van der Waals surface area contributed by atoms with Gasteiger partial charge in [-0.2, -0.15) is 0 Å². The van der Waals surface area contributed by atoms with Gasteiger partial charge in [-0.1, -0.05) is 33.6 Å². The topological polar surface area (TPSA) is 200 Å². The second kappa shape index (κ2) is 161. The van der Waals surface area contributed by atoms with E-state index in [1.807, 2.05) is 6.92 Å². The minimum Gasteiger partial charge on any atom is -0.397 e. The molecule has 0 atom stereocenters. The first-order chi connectivity index (χ1) is 17.1. The van der Waals surface area contributed by atoms with Crippen molar-refractivity contribution >= 4 is 0 Å². The molecule has 0 aromatic heterocycles. The summed E-state index contributed by atoms with van der Waals surface area (Å²) in [6.45, 7) is 24.9. The van der Waals surface area contributed by atoms with E-state index in [4.69, 9.17) is 46.6 Å². The molecule has 0 rings (SSSR count). The third kappa shape index (κ3) is 1140. The molecule has 11 N–H and O–H groups in total. The maximum Gasteiger partial charge on any atom is 0.0402 e. The Morgan fingerprint density at radius 2 is 0.583 bits per heavy atom. The van der Waals surface area contributed by atoms with Gasteiger partial charge < -0.3 is 51.9 Å². The Morgan fingerprint density at radius 3 is 0.722 bits per heavy atom. The average Bonchev–Trinajstić information content (AvgIpc) is 2.79. The summed E-state index contributed by atoms with van der Waals surface area (Å²) in [5.74, 6) is 0. The second-order valence-corrected chi connectivity index (χ2v) is 5.40. The van der Waals surface area contributed by atoms with Crippen LogP contribution in [0.25, 0.3) is 0 Å². The van der Waals surface area contributed by atoms with Crippen molar-refractivity contribution in [1.82, 2.24) is 5.32 Å². The third-order valence-corrected chi connectivity index (χ3v) is 1.38.